The lowest BCUT2D eigenvalue weighted by atomic mass is 9.54. The van der Waals surface area contributed by atoms with E-state index in [1.807, 2.05) is 0 Å². The van der Waals surface area contributed by atoms with Gasteiger partial charge in [0.15, 0.2) is 34.2 Å². The second kappa shape index (κ2) is 25.8. The number of carbonyl (C=O) groups is 9. The normalized spacial score (nSPS) is 33.3. The van der Waals surface area contributed by atoms with Gasteiger partial charge in [-0.2, -0.15) is 0 Å². The highest BCUT2D eigenvalue weighted by Gasteiger charge is 2.72. The van der Waals surface area contributed by atoms with Crippen molar-refractivity contribution in [1.29, 1.82) is 0 Å². The number of hydrogen-bond acceptors (Lipinski definition) is 27. The molecule has 0 radical (unpaired) electrons. The van der Waals surface area contributed by atoms with Crippen molar-refractivity contribution in [3.63, 3.8) is 0 Å². The fourth-order valence-electron chi connectivity index (χ4n) is 16.7. The molecule has 27 N–H and O–H groups in total. The first-order chi connectivity index (χ1) is 44.6. The van der Waals surface area contributed by atoms with E-state index in [2.05, 4.69) is 0 Å². The Morgan fingerprint density at radius 3 is 0.768 bits per heavy atom. The molecule has 3 saturated carbocycles. The van der Waals surface area contributed by atoms with Crippen LogP contribution in [0.1, 0.15) is 71.9 Å². The topological polar surface area (TPSA) is 639 Å². The number of phenolic OH excluding ortho intramolecular Hbond substituents is 3. The van der Waals surface area contributed by atoms with E-state index in [0.717, 1.165) is 0 Å². The molecule has 9 aliphatic rings. The summed E-state index contributed by atoms with van der Waals surface area (Å²) < 4.78 is 0. The Kier molecular flexibility index (Phi) is 20.0. The summed E-state index contributed by atoms with van der Waals surface area (Å²) in [4.78, 5) is 120. The number of aromatic hydroxyl groups is 3. The molecular weight excluding hydrogens is 1310 g/mol. The minimum atomic E-state index is -2.89. The van der Waals surface area contributed by atoms with Crippen LogP contribution >= 0.6 is 0 Å². The zero-order chi connectivity index (χ0) is 71.6. The molecule has 0 unspecified atom stereocenters. The number of primary amides is 3. The number of rotatable bonds is 6. The van der Waals surface area contributed by atoms with E-state index in [-0.39, 0.29) is 50.4 Å². The maximum Gasteiger partial charge on any atom is 0.255 e. The zero-order valence-electron chi connectivity index (χ0n) is 54.3. The molecule has 0 saturated heterocycles. The number of nitrogens with zero attached hydrogens (tertiary/aromatic N) is 3. The van der Waals surface area contributed by atoms with Crippen molar-refractivity contribution < 1.29 is 136 Å². The van der Waals surface area contributed by atoms with Gasteiger partial charge in [0.25, 0.3) is 17.7 Å². The van der Waals surface area contributed by atoms with Gasteiger partial charge in [-0.15, -0.1) is 0 Å². The maximum atomic E-state index is 13.7. The molecule has 33 nitrogen and oxygen atoms in total. The Bertz CT molecular complexity index is 3840. The van der Waals surface area contributed by atoms with Crippen LogP contribution in [-0.4, -0.2) is 256 Å². The molecule has 12 rings (SSSR count). The van der Waals surface area contributed by atoms with Gasteiger partial charge in [-0.3, -0.25) is 57.9 Å². The van der Waals surface area contributed by atoms with Gasteiger partial charge in [0, 0.05) is 34.5 Å². The third-order valence-corrected chi connectivity index (χ3v) is 21.0. The van der Waals surface area contributed by atoms with Crippen LogP contribution in [0.2, 0.25) is 0 Å². The van der Waals surface area contributed by atoms with Crippen molar-refractivity contribution in [1.82, 2.24) is 14.7 Å². The number of nitrogens with two attached hydrogens (primary N) is 3. The number of phenols is 3. The molecule has 3 fully saturated rings. The summed E-state index contributed by atoms with van der Waals surface area (Å²) in [6.45, 7) is 5.03. The summed E-state index contributed by atoms with van der Waals surface area (Å²) in [7, 11) is 8.76. The molecule has 0 aromatic heterocycles. The first-order valence-electron chi connectivity index (χ1n) is 30.0. The molecule has 9 aliphatic carbocycles. The summed E-state index contributed by atoms with van der Waals surface area (Å²) in [6, 6.07) is 9.39. The quantitative estimate of drug-likeness (QED) is 0.105. The Hall–Kier alpha value is -9.75. The van der Waals surface area contributed by atoms with Crippen LogP contribution in [0.25, 0.3) is 17.3 Å². The highest BCUT2D eigenvalue weighted by molar-refractivity contribution is 6.27. The van der Waals surface area contributed by atoms with Gasteiger partial charge in [0.1, 0.15) is 68.5 Å². The van der Waals surface area contributed by atoms with E-state index >= 15 is 0 Å². The Morgan fingerprint density at radius 2 is 0.586 bits per heavy atom. The highest BCUT2D eigenvalue weighted by atomic mass is 16.4. The standard InChI is InChI=1S/3C22H24N2O8.3H2O/c3*1-7-8-5-4-6-9(25)11(8)16(26)12-10(7)17(27)14-15(24(2)3)18(28)13(21(23)31)20(30)22(14,32)19(12)29;;;/h3*4-7,10,14-15,17,25-27,30,32H,1-3H3,(H2,23,31);3*1H2/t3*7-,10+,14+,15-,17-,22-;;;/m000.../s1. The smallest absolute Gasteiger partial charge is 0.255 e. The van der Waals surface area contributed by atoms with Crippen LogP contribution in [0, 0.1) is 35.5 Å². The van der Waals surface area contributed by atoms with E-state index in [1.165, 1.54) is 75.2 Å². The van der Waals surface area contributed by atoms with E-state index in [4.69, 9.17) is 17.2 Å². The van der Waals surface area contributed by atoms with E-state index in [0.29, 0.717) is 16.7 Å². The van der Waals surface area contributed by atoms with Crippen molar-refractivity contribution in [2.45, 2.75) is 91.8 Å². The number of hydrogen-bond donors (Lipinski definition) is 18. The van der Waals surface area contributed by atoms with Crippen LogP contribution in [0.4, 0.5) is 0 Å². The van der Waals surface area contributed by atoms with Gasteiger partial charge >= 0.3 is 0 Å². The second-order valence-corrected chi connectivity index (χ2v) is 26.4. The molecule has 534 valence electrons. The van der Waals surface area contributed by atoms with Gasteiger partial charge in [-0.25, -0.2) is 0 Å². The molecule has 0 heterocycles. The Labute approximate surface area is 561 Å². The van der Waals surface area contributed by atoms with Crippen molar-refractivity contribution >= 4 is 69.7 Å². The first kappa shape index (κ1) is 76.6. The molecule has 99 heavy (non-hydrogen) atoms. The minimum absolute atomic E-state index is 0. The lowest BCUT2D eigenvalue weighted by molar-refractivity contribution is -0.170. The van der Waals surface area contributed by atoms with E-state index < -0.39 is 227 Å². The van der Waals surface area contributed by atoms with Crippen LogP contribution < -0.4 is 17.2 Å². The predicted octanol–water partition coefficient (Wildman–Crippen LogP) is -3.99. The number of aliphatic hydroxyl groups is 12. The number of Topliss-reactive ketones (excluding diaryl/α,β-unsaturated/α-hetero) is 6. The monoisotopic (exact) mass is 1390 g/mol. The average molecular weight is 1390 g/mol. The van der Waals surface area contributed by atoms with Gasteiger partial charge in [0.2, 0.25) is 17.3 Å². The number of amides is 3. The average Bonchev–Trinajstić information content (AvgIpc) is 0.702. The molecule has 0 bridgehead atoms. The van der Waals surface area contributed by atoms with Gasteiger partial charge in [0.05, 0.1) is 70.9 Å². The number of benzene rings is 3. The molecule has 18 atom stereocenters. The third-order valence-electron chi connectivity index (χ3n) is 21.0. The van der Waals surface area contributed by atoms with E-state index in [1.54, 1.807) is 57.2 Å². The Morgan fingerprint density at radius 1 is 0.384 bits per heavy atom. The predicted molar refractivity (Wildman–Crippen MR) is 342 cm³/mol. The second-order valence-electron chi connectivity index (χ2n) is 26.4. The third kappa shape index (κ3) is 10.2. The fourth-order valence-corrected chi connectivity index (χ4v) is 16.7. The van der Waals surface area contributed by atoms with Gasteiger partial charge < -0.3 is 110 Å². The summed E-state index contributed by atoms with van der Waals surface area (Å²) in [5, 5.41) is 165. The number of fused-ring (bicyclic) bond motifs is 9. The van der Waals surface area contributed by atoms with Crippen LogP contribution in [-0.2, 0) is 43.2 Å². The molecule has 3 amide bonds. The largest absolute Gasteiger partial charge is 0.508 e. The zero-order valence-corrected chi connectivity index (χ0v) is 54.3. The molecule has 33 heteroatoms. The molecular formula is C66H78N6O27. The van der Waals surface area contributed by atoms with Crippen LogP contribution in [0.5, 0.6) is 17.2 Å². The maximum absolute atomic E-state index is 13.7. The molecule has 3 aromatic rings. The van der Waals surface area contributed by atoms with Crippen molar-refractivity contribution in [2.24, 2.45) is 52.7 Å². The number of carbonyl (C=O) groups excluding carboxylic acids is 9. The van der Waals surface area contributed by atoms with Crippen LogP contribution in [0.3, 0.4) is 0 Å². The van der Waals surface area contributed by atoms with E-state index in [9.17, 15) is 120 Å². The number of aliphatic hydroxyl groups excluding tert-OH is 9. The number of likely N-dealkylation sites (N-methyl/N-ethyl adjacent to an activating group) is 3. The number of ketones is 6. The summed E-state index contributed by atoms with van der Waals surface area (Å²) in [5.74, 6) is -26.6. The van der Waals surface area contributed by atoms with Gasteiger partial charge in [-0.05, 0) is 94.9 Å². The highest BCUT2D eigenvalue weighted by Crippen LogP contribution is 2.60. The van der Waals surface area contributed by atoms with Crippen molar-refractivity contribution in [3.05, 3.63) is 139 Å². The SMILES string of the molecule is C[C@H]1c2cccc(O)c2C(O)=C2C(=O)[C@]3(O)C(O)=C(C(N)=O)C(=O)[C@@H](N(C)C)[C@@H]3[C@@H](O)[C@@H]21.C[C@H]1c2cccc(O)c2C(O)=C2C(=O)[C@]3(O)C(O)=C(C(N)=O)C(=O)[C@@H](N(C)C)[C@@H]3[C@@H](O)[C@@H]21.C[C@H]1c2cccc(O)c2C(O)=C2C(=O)[C@]3(O)C(O)=C(C(N)=O)C(=O)[C@@H](N(C)C)[C@@H]3[C@@H](O)[C@@H]21.O.O.O. The fraction of sp³-hybridized carbons (Fsp3) is 0.409. The van der Waals surface area contributed by atoms with Crippen molar-refractivity contribution in [3.8, 4) is 17.2 Å². The molecule has 0 spiro atoms. The summed E-state index contributed by atoms with van der Waals surface area (Å²) >= 11 is 0. The van der Waals surface area contributed by atoms with Gasteiger partial charge in [-0.1, -0.05) is 57.2 Å². The minimum Gasteiger partial charge on any atom is -0.508 e. The van der Waals surface area contributed by atoms with Crippen molar-refractivity contribution in [2.75, 3.05) is 42.3 Å². The first-order valence-corrected chi connectivity index (χ1v) is 30.0. The molecule has 0 aliphatic heterocycles. The molecule has 3 aromatic carbocycles. The van der Waals surface area contributed by atoms with Crippen LogP contribution in [0.15, 0.2) is 105 Å². The lowest BCUT2D eigenvalue weighted by Crippen LogP contribution is -2.70. The lowest BCUT2D eigenvalue weighted by Gasteiger charge is -2.53. The summed E-state index contributed by atoms with van der Waals surface area (Å²) in [6.07, 6.45) is -4.77. The summed E-state index contributed by atoms with van der Waals surface area (Å²) in [5.41, 5.74) is 4.41. The Balaban J connectivity index is 0.000000206.